The zero-order valence-corrected chi connectivity index (χ0v) is 23.3. The minimum atomic E-state index is -0.848. The number of aryl methyl sites for hydroxylation is 1. The number of amides is 2. The van der Waals surface area contributed by atoms with Crippen LogP contribution < -0.4 is 5.43 Å². The minimum Gasteiger partial charge on any atom is -0.443 e. The largest absolute Gasteiger partial charge is 0.444 e. The lowest BCUT2D eigenvalue weighted by Gasteiger charge is -2.36. The van der Waals surface area contributed by atoms with E-state index < -0.39 is 23.9 Å². The summed E-state index contributed by atoms with van der Waals surface area (Å²) in [4.78, 5) is 26.1. The van der Waals surface area contributed by atoms with Crippen LogP contribution in [-0.4, -0.2) is 45.7 Å². The second kappa shape index (κ2) is 14.5. The Morgan fingerprint density at radius 3 is 2.15 bits per heavy atom. The Morgan fingerprint density at radius 2 is 1.54 bits per heavy atom. The second-order valence-electron chi connectivity index (χ2n) is 10.1. The number of aliphatic hydroxyl groups is 1. The third-order valence-corrected chi connectivity index (χ3v) is 5.78. The molecule has 2 amide bonds. The Kier molecular flexibility index (Phi) is 11.2. The number of ether oxygens (including phenoxy) is 2. The highest BCUT2D eigenvalue weighted by Gasteiger charge is 2.31. The smallest absolute Gasteiger partial charge is 0.443 e. The molecule has 39 heavy (non-hydrogen) atoms. The lowest BCUT2D eigenvalue weighted by molar-refractivity contribution is -0.0957. The van der Waals surface area contributed by atoms with E-state index in [1.807, 2.05) is 66.7 Å². The van der Waals surface area contributed by atoms with Crippen LogP contribution in [0.4, 0.5) is 9.59 Å². The molecular weight excluding hydrogens is 518 g/mol. The number of halogens is 1. The summed E-state index contributed by atoms with van der Waals surface area (Å²) in [6.45, 7) is 5.38. The van der Waals surface area contributed by atoms with Crippen molar-refractivity contribution in [3.63, 3.8) is 0 Å². The van der Waals surface area contributed by atoms with Crippen molar-refractivity contribution in [2.24, 2.45) is 0 Å². The SMILES string of the molecule is CC(C)(C)OC(=O)N(NC(=O)OCc1ccccc1)N(Cc1cccc(Cl)c1)C[C@@H](O)CCc1ccccc1. The summed E-state index contributed by atoms with van der Waals surface area (Å²) in [6.07, 6.45) is -1.41. The van der Waals surface area contributed by atoms with Crippen LogP contribution in [0.15, 0.2) is 84.9 Å². The van der Waals surface area contributed by atoms with Crippen LogP contribution >= 0.6 is 11.6 Å². The number of aliphatic hydroxyl groups excluding tert-OH is 1. The van der Waals surface area contributed by atoms with Gasteiger partial charge in [0.15, 0.2) is 0 Å². The van der Waals surface area contributed by atoms with Crippen molar-refractivity contribution in [2.45, 2.75) is 58.5 Å². The average molecular weight is 554 g/mol. The van der Waals surface area contributed by atoms with Crippen molar-refractivity contribution in [3.05, 3.63) is 107 Å². The molecule has 3 rings (SSSR count). The predicted octanol–water partition coefficient (Wildman–Crippen LogP) is 6.13. The number of hydrazine groups is 2. The topological polar surface area (TPSA) is 91.3 Å². The van der Waals surface area contributed by atoms with Crippen molar-refractivity contribution in [2.75, 3.05) is 6.54 Å². The standard InChI is InChI=1S/C30H36ClN3O5/c1-30(2,3)39-29(37)34(32-28(36)38-22-24-13-8-5-9-14-24)33(20-25-15-10-16-26(31)19-25)21-27(35)18-17-23-11-6-4-7-12-23/h4-16,19,27,35H,17-18,20-22H2,1-3H3,(H,32,36)/t27-/m0/s1. The molecule has 0 bridgehead atoms. The zero-order chi connectivity index (χ0) is 28.3. The molecule has 0 fully saturated rings. The van der Waals surface area contributed by atoms with E-state index in [0.717, 1.165) is 21.8 Å². The first-order valence-corrected chi connectivity index (χ1v) is 13.2. The first-order valence-electron chi connectivity index (χ1n) is 12.8. The van der Waals surface area contributed by atoms with Crippen molar-refractivity contribution in [1.82, 2.24) is 15.6 Å². The molecule has 2 N–H and O–H groups in total. The van der Waals surface area contributed by atoms with Gasteiger partial charge in [-0.25, -0.2) is 15.0 Å². The van der Waals surface area contributed by atoms with E-state index in [1.54, 1.807) is 39.0 Å². The van der Waals surface area contributed by atoms with Gasteiger partial charge < -0.3 is 14.6 Å². The lowest BCUT2D eigenvalue weighted by atomic mass is 10.1. The number of carbonyl (C=O) groups excluding carboxylic acids is 2. The van der Waals surface area contributed by atoms with E-state index in [4.69, 9.17) is 21.1 Å². The molecular formula is C30H36ClN3O5. The van der Waals surface area contributed by atoms with Gasteiger partial charge >= 0.3 is 12.2 Å². The summed E-state index contributed by atoms with van der Waals surface area (Å²) >= 11 is 6.20. The fraction of sp³-hybridized carbons (Fsp3) is 0.333. The Balaban J connectivity index is 1.80. The van der Waals surface area contributed by atoms with Crippen LogP contribution in [0.25, 0.3) is 0 Å². The Bertz CT molecular complexity index is 1190. The van der Waals surface area contributed by atoms with Crippen LogP contribution in [0.3, 0.4) is 0 Å². The number of nitrogens with one attached hydrogen (secondary N) is 1. The summed E-state index contributed by atoms with van der Waals surface area (Å²) in [5, 5.41) is 14.0. The molecule has 3 aromatic carbocycles. The quantitative estimate of drug-likeness (QED) is 0.293. The fourth-order valence-electron chi connectivity index (χ4n) is 3.75. The van der Waals surface area contributed by atoms with Crippen LogP contribution in [-0.2, 0) is 29.0 Å². The van der Waals surface area contributed by atoms with Gasteiger partial charge in [-0.2, -0.15) is 5.01 Å². The number of benzene rings is 3. The molecule has 0 heterocycles. The van der Waals surface area contributed by atoms with Gasteiger partial charge in [-0.15, -0.1) is 5.12 Å². The molecule has 0 aromatic heterocycles. The van der Waals surface area contributed by atoms with E-state index >= 15 is 0 Å². The molecule has 0 radical (unpaired) electrons. The molecule has 0 spiro atoms. The van der Waals surface area contributed by atoms with E-state index in [2.05, 4.69) is 5.43 Å². The Hall–Kier alpha value is -3.59. The molecule has 9 heteroatoms. The van der Waals surface area contributed by atoms with Gasteiger partial charge in [0, 0.05) is 18.1 Å². The van der Waals surface area contributed by atoms with E-state index in [1.165, 1.54) is 5.01 Å². The third kappa shape index (κ3) is 11.0. The molecule has 8 nitrogen and oxygen atoms in total. The number of hydrogen-bond donors (Lipinski definition) is 2. The first-order chi connectivity index (χ1) is 18.6. The predicted molar refractivity (Wildman–Crippen MR) is 150 cm³/mol. The van der Waals surface area contributed by atoms with Crippen molar-refractivity contribution in [3.8, 4) is 0 Å². The van der Waals surface area contributed by atoms with Crippen molar-refractivity contribution in [1.29, 1.82) is 0 Å². The molecule has 0 aliphatic carbocycles. The van der Waals surface area contributed by atoms with Gasteiger partial charge in [-0.1, -0.05) is 84.4 Å². The van der Waals surface area contributed by atoms with Crippen LogP contribution in [0.1, 0.15) is 43.9 Å². The summed E-state index contributed by atoms with van der Waals surface area (Å²) < 4.78 is 10.9. The van der Waals surface area contributed by atoms with E-state index in [0.29, 0.717) is 17.9 Å². The fourth-order valence-corrected chi connectivity index (χ4v) is 3.97. The van der Waals surface area contributed by atoms with Gasteiger partial charge in [0.25, 0.3) is 0 Å². The number of nitrogens with zero attached hydrogens (tertiary/aromatic N) is 2. The molecule has 0 unspecified atom stereocenters. The summed E-state index contributed by atoms with van der Waals surface area (Å²) in [5.74, 6) is 0. The molecule has 3 aromatic rings. The molecule has 0 saturated carbocycles. The number of hydrogen-bond acceptors (Lipinski definition) is 6. The number of rotatable bonds is 10. The van der Waals surface area contributed by atoms with Crippen LogP contribution in [0.2, 0.25) is 5.02 Å². The highest BCUT2D eigenvalue weighted by Crippen LogP contribution is 2.17. The first kappa shape index (κ1) is 30.0. The van der Waals surface area contributed by atoms with Gasteiger partial charge in [-0.3, -0.25) is 0 Å². The van der Waals surface area contributed by atoms with E-state index in [-0.39, 0.29) is 19.7 Å². The zero-order valence-electron chi connectivity index (χ0n) is 22.5. The van der Waals surface area contributed by atoms with Gasteiger partial charge in [0.2, 0.25) is 0 Å². The molecule has 0 aliphatic heterocycles. The van der Waals surface area contributed by atoms with Crippen molar-refractivity contribution >= 4 is 23.8 Å². The van der Waals surface area contributed by atoms with Gasteiger partial charge in [-0.05, 0) is 62.4 Å². The van der Waals surface area contributed by atoms with Crippen LogP contribution in [0, 0.1) is 0 Å². The monoisotopic (exact) mass is 553 g/mol. The maximum atomic E-state index is 13.3. The van der Waals surface area contributed by atoms with E-state index in [9.17, 15) is 14.7 Å². The summed E-state index contributed by atoms with van der Waals surface area (Å²) in [5.41, 5.74) is 4.32. The molecule has 208 valence electrons. The maximum absolute atomic E-state index is 13.3. The Labute approximate surface area is 235 Å². The Morgan fingerprint density at radius 1 is 0.923 bits per heavy atom. The minimum absolute atomic E-state index is 0.0167. The number of carbonyl (C=O) groups is 2. The summed E-state index contributed by atoms with van der Waals surface area (Å²) in [7, 11) is 0. The highest BCUT2D eigenvalue weighted by molar-refractivity contribution is 6.30. The third-order valence-electron chi connectivity index (χ3n) is 5.54. The molecule has 0 aliphatic rings. The van der Waals surface area contributed by atoms with Gasteiger partial charge in [0.05, 0.1) is 6.10 Å². The maximum Gasteiger partial charge on any atom is 0.444 e. The average Bonchev–Trinajstić information content (AvgIpc) is 2.89. The summed E-state index contributed by atoms with van der Waals surface area (Å²) in [6, 6.07) is 26.2. The molecule has 1 atom stereocenters. The normalized spacial score (nSPS) is 12.1. The molecule has 0 saturated heterocycles. The second-order valence-corrected chi connectivity index (χ2v) is 10.6. The van der Waals surface area contributed by atoms with Crippen LogP contribution in [0.5, 0.6) is 0 Å². The van der Waals surface area contributed by atoms with Gasteiger partial charge in [0.1, 0.15) is 12.2 Å². The lowest BCUT2D eigenvalue weighted by Crippen LogP contribution is -2.58. The van der Waals surface area contributed by atoms with Crippen molar-refractivity contribution < 1.29 is 24.2 Å². The highest BCUT2D eigenvalue weighted by atomic mass is 35.5.